The normalized spacial score (nSPS) is 15.4. The van der Waals surface area contributed by atoms with E-state index in [9.17, 15) is 9.90 Å². The number of carbonyl (C=O) groups is 1. The molecular formula is C26H35N3O4. The van der Waals surface area contributed by atoms with Gasteiger partial charge in [0, 0.05) is 18.8 Å². The second-order valence-corrected chi connectivity index (χ2v) is 8.90. The van der Waals surface area contributed by atoms with Gasteiger partial charge < -0.3 is 25.2 Å². The van der Waals surface area contributed by atoms with E-state index in [-0.39, 0.29) is 0 Å². The fraction of sp³-hybridized carbons (Fsp3) is 0.538. The van der Waals surface area contributed by atoms with Gasteiger partial charge >= 0.3 is 5.97 Å². The van der Waals surface area contributed by atoms with Gasteiger partial charge in [0.1, 0.15) is 25.1 Å². The van der Waals surface area contributed by atoms with Crippen LogP contribution in [0.5, 0.6) is 11.5 Å². The van der Waals surface area contributed by atoms with Crippen molar-refractivity contribution in [1.29, 1.82) is 0 Å². The van der Waals surface area contributed by atoms with E-state index >= 15 is 0 Å². The largest absolute Gasteiger partial charge is 0.486 e. The van der Waals surface area contributed by atoms with Crippen LogP contribution in [0.3, 0.4) is 0 Å². The van der Waals surface area contributed by atoms with E-state index in [1.165, 1.54) is 12.0 Å². The first-order valence-corrected chi connectivity index (χ1v) is 12.3. The molecular weight excluding hydrogens is 418 g/mol. The Morgan fingerprint density at radius 1 is 1.06 bits per heavy atom. The van der Waals surface area contributed by atoms with Gasteiger partial charge in [-0.1, -0.05) is 37.8 Å². The first-order chi connectivity index (χ1) is 16.2. The first kappa shape index (κ1) is 23.4. The van der Waals surface area contributed by atoms with E-state index in [0.29, 0.717) is 26.2 Å². The van der Waals surface area contributed by atoms with Crippen molar-refractivity contribution in [3.8, 4) is 11.5 Å². The number of pyridine rings is 1. The molecule has 1 atom stereocenters. The number of carboxylic acid groups (broad SMARTS) is 1. The maximum Gasteiger partial charge on any atom is 0.320 e. The predicted molar refractivity (Wildman–Crippen MR) is 128 cm³/mol. The molecule has 3 N–H and O–H groups in total. The summed E-state index contributed by atoms with van der Waals surface area (Å²) in [7, 11) is 0. The number of fused-ring (bicyclic) bond motifs is 2. The number of carboxylic acids is 1. The summed E-state index contributed by atoms with van der Waals surface area (Å²) in [5.41, 5.74) is 3.49. The van der Waals surface area contributed by atoms with E-state index in [2.05, 4.69) is 22.8 Å². The third-order valence-corrected chi connectivity index (χ3v) is 6.33. The Labute approximate surface area is 195 Å². The fourth-order valence-electron chi connectivity index (χ4n) is 4.44. The summed E-state index contributed by atoms with van der Waals surface area (Å²) in [6, 6.07) is 9.60. The van der Waals surface area contributed by atoms with Crippen LogP contribution in [0.2, 0.25) is 0 Å². The molecule has 0 saturated heterocycles. The molecule has 2 aromatic rings. The number of benzene rings is 1. The molecule has 0 amide bonds. The van der Waals surface area contributed by atoms with E-state index in [4.69, 9.17) is 14.5 Å². The topological polar surface area (TPSA) is 92.7 Å². The lowest BCUT2D eigenvalue weighted by atomic mass is 10.0. The molecule has 7 heteroatoms. The van der Waals surface area contributed by atoms with Gasteiger partial charge in [0.15, 0.2) is 11.5 Å². The molecule has 7 nitrogen and oxygen atoms in total. The zero-order valence-electron chi connectivity index (χ0n) is 19.3. The Bertz CT molecular complexity index is 934. The van der Waals surface area contributed by atoms with Crippen LogP contribution in [0.25, 0.3) is 0 Å². The molecule has 0 aliphatic carbocycles. The highest BCUT2D eigenvalue weighted by Gasteiger charge is 2.17. The quantitative estimate of drug-likeness (QED) is 0.412. The molecule has 0 unspecified atom stereocenters. The van der Waals surface area contributed by atoms with Crippen LogP contribution in [0.15, 0.2) is 30.3 Å². The minimum Gasteiger partial charge on any atom is -0.486 e. The van der Waals surface area contributed by atoms with E-state index in [0.717, 1.165) is 80.1 Å². The number of aryl methyl sites for hydroxylation is 2. The number of aromatic nitrogens is 1. The number of unbranched alkanes of at least 4 members (excludes halogenated alkanes) is 4. The van der Waals surface area contributed by atoms with Crippen LogP contribution < -0.4 is 20.1 Å². The summed E-state index contributed by atoms with van der Waals surface area (Å²) in [6.07, 6.45) is 9.30. The molecule has 0 spiro atoms. The Morgan fingerprint density at radius 2 is 1.88 bits per heavy atom. The summed E-state index contributed by atoms with van der Waals surface area (Å²) < 4.78 is 11.1. The number of hydrogen-bond acceptors (Lipinski definition) is 6. The summed E-state index contributed by atoms with van der Waals surface area (Å²) in [5.74, 6) is 1.76. The average Bonchev–Trinajstić information content (AvgIpc) is 2.84. The van der Waals surface area contributed by atoms with Crippen LogP contribution in [0, 0.1) is 0 Å². The van der Waals surface area contributed by atoms with Gasteiger partial charge in [-0.3, -0.25) is 4.79 Å². The smallest absolute Gasteiger partial charge is 0.320 e. The highest BCUT2D eigenvalue weighted by molar-refractivity contribution is 5.73. The maximum atomic E-state index is 11.7. The Kier molecular flexibility index (Phi) is 8.41. The van der Waals surface area contributed by atoms with Crippen molar-refractivity contribution in [1.82, 2.24) is 10.3 Å². The first-order valence-electron chi connectivity index (χ1n) is 12.3. The zero-order chi connectivity index (χ0) is 22.9. The molecule has 33 heavy (non-hydrogen) atoms. The molecule has 4 rings (SSSR count). The number of nitrogens with zero attached hydrogens (tertiary/aromatic N) is 1. The van der Waals surface area contributed by atoms with Crippen molar-refractivity contribution in [3.63, 3.8) is 0 Å². The highest BCUT2D eigenvalue weighted by atomic mass is 16.6. The van der Waals surface area contributed by atoms with Gasteiger partial charge in [0.2, 0.25) is 0 Å². The monoisotopic (exact) mass is 453 g/mol. The lowest BCUT2D eigenvalue weighted by molar-refractivity contribution is -0.139. The van der Waals surface area contributed by atoms with Crippen molar-refractivity contribution in [2.75, 3.05) is 25.1 Å². The van der Waals surface area contributed by atoms with Crippen LogP contribution in [-0.4, -0.2) is 41.9 Å². The molecule has 0 radical (unpaired) electrons. The molecule has 2 aliphatic heterocycles. The van der Waals surface area contributed by atoms with Crippen LogP contribution in [-0.2, 0) is 24.2 Å². The minimum atomic E-state index is -0.792. The molecule has 178 valence electrons. The number of hydrogen-bond donors (Lipinski definition) is 3. The predicted octanol–water partition coefficient (Wildman–Crippen LogP) is 4.34. The molecule has 0 saturated carbocycles. The third-order valence-electron chi connectivity index (χ3n) is 6.33. The van der Waals surface area contributed by atoms with Crippen molar-refractivity contribution in [2.24, 2.45) is 0 Å². The van der Waals surface area contributed by atoms with Crippen LogP contribution in [0.4, 0.5) is 5.82 Å². The van der Waals surface area contributed by atoms with Crippen LogP contribution >= 0.6 is 0 Å². The third kappa shape index (κ3) is 6.84. The van der Waals surface area contributed by atoms with Gasteiger partial charge in [0.25, 0.3) is 0 Å². The van der Waals surface area contributed by atoms with Gasteiger partial charge in [-0.05, 0) is 61.4 Å². The maximum absolute atomic E-state index is 11.7. The number of aliphatic carboxylic acids is 1. The van der Waals surface area contributed by atoms with E-state index in [1.54, 1.807) is 0 Å². The molecule has 1 aromatic heterocycles. The minimum absolute atomic E-state index is 0.496. The fourth-order valence-corrected chi connectivity index (χ4v) is 4.44. The molecule has 0 bridgehead atoms. The Balaban J connectivity index is 1.11. The van der Waals surface area contributed by atoms with Gasteiger partial charge in [-0.2, -0.15) is 0 Å². The number of anilines is 1. The van der Waals surface area contributed by atoms with Gasteiger partial charge in [-0.15, -0.1) is 0 Å². The lowest BCUT2D eigenvalue weighted by Crippen LogP contribution is -2.36. The molecule has 3 heterocycles. The molecule has 0 fully saturated rings. The van der Waals surface area contributed by atoms with Gasteiger partial charge in [0.05, 0.1) is 0 Å². The average molecular weight is 454 g/mol. The van der Waals surface area contributed by atoms with Crippen LogP contribution in [0.1, 0.15) is 61.8 Å². The number of ether oxygens (including phenoxy) is 2. The summed E-state index contributed by atoms with van der Waals surface area (Å²) in [4.78, 5) is 16.4. The van der Waals surface area contributed by atoms with E-state index < -0.39 is 12.0 Å². The van der Waals surface area contributed by atoms with Crippen molar-refractivity contribution in [2.45, 2.75) is 70.4 Å². The summed E-state index contributed by atoms with van der Waals surface area (Å²) in [6.45, 7) is 2.62. The van der Waals surface area contributed by atoms with Crippen molar-refractivity contribution in [3.05, 3.63) is 47.2 Å². The molecule has 2 aliphatic rings. The summed E-state index contributed by atoms with van der Waals surface area (Å²) in [5, 5.41) is 16.2. The zero-order valence-corrected chi connectivity index (χ0v) is 19.3. The lowest BCUT2D eigenvalue weighted by Gasteiger charge is -2.19. The Hall–Kier alpha value is -2.80. The van der Waals surface area contributed by atoms with Crippen molar-refractivity contribution < 1.29 is 19.4 Å². The van der Waals surface area contributed by atoms with Crippen molar-refractivity contribution >= 4 is 11.8 Å². The summed E-state index contributed by atoms with van der Waals surface area (Å²) >= 11 is 0. The van der Waals surface area contributed by atoms with E-state index in [1.807, 2.05) is 18.2 Å². The van der Waals surface area contributed by atoms with Gasteiger partial charge in [-0.25, -0.2) is 4.98 Å². The second kappa shape index (κ2) is 11.9. The Morgan fingerprint density at radius 3 is 2.76 bits per heavy atom. The standard InChI is InChI=1S/C26H35N3O4/c30-26(31)22(28-18-19-10-13-23-24(17-19)33-16-15-32-23)9-5-3-1-2-4-8-21-12-11-20-7-6-14-27-25(20)29-21/h10-13,17,22,28H,1-9,14-16,18H2,(H,27,29)(H,30,31)/t22-/m0/s1. The SMILES string of the molecule is O=C(O)[C@H](CCCCCCCc1ccc2c(n1)NCCC2)NCc1ccc2c(c1)OCCO2. The highest BCUT2D eigenvalue weighted by Crippen LogP contribution is 2.30. The number of nitrogens with one attached hydrogen (secondary N) is 2. The second-order valence-electron chi connectivity index (χ2n) is 8.90. The number of rotatable bonds is 12. The molecule has 1 aromatic carbocycles.